The first-order valence-corrected chi connectivity index (χ1v) is 6.58. The zero-order chi connectivity index (χ0) is 11.0. The van der Waals surface area contributed by atoms with E-state index in [1.807, 2.05) is 0 Å². The van der Waals surface area contributed by atoms with Gasteiger partial charge < -0.3 is 10.5 Å². The lowest BCUT2D eigenvalue weighted by Crippen LogP contribution is -2.57. The predicted octanol–water partition coefficient (Wildman–Crippen LogP) is -0.116. The van der Waals surface area contributed by atoms with Crippen LogP contribution in [0.25, 0.3) is 0 Å². The Balaban J connectivity index is 1.56. The summed E-state index contributed by atoms with van der Waals surface area (Å²) >= 11 is 0. The molecule has 3 fully saturated rings. The quantitative estimate of drug-likeness (QED) is 0.712. The van der Waals surface area contributed by atoms with Gasteiger partial charge in [0.15, 0.2) is 0 Å². The number of hydrogen-bond acceptors (Lipinski definition) is 4. The van der Waals surface area contributed by atoms with Gasteiger partial charge in [0.05, 0.1) is 12.1 Å². The van der Waals surface area contributed by atoms with Crippen molar-refractivity contribution in [2.45, 2.75) is 30.8 Å². The lowest BCUT2D eigenvalue weighted by atomic mass is 9.98. The molecule has 16 heavy (non-hydrogen) atoms. The minimum Gasteiger partial charge on any atom is -0.379 e. The average Bonchev–Trinajstić information content (AvgIpc) is 2.86. The molecule has 0 saturated carbocycles. The fourth-order valence-electron chi connectivity index (χ4n) is 3.39. The van der Waals surface area contributed by atoms with Crippen molar-refractivity contribution in [3.8, 4) is 0 Å². The van der Waals surface area contributed by atoms with Crippen molar-refractivity contribution in [2.75, 3.05) is 45.9 Å². The molecule has 3 rings (SSSR count). The van der Waals surface area contributed by atoms with Gasteiger partial charge in [0, 0.05) is 38.8 Å². The molecule has 0 aromatic heterocycles. The van der Waals surface area contributed by atoms with Crippen LogP contribution in [0.4, 0.5) is 0 Å². The first-order valence-electron chi connectivity index (χ1n) is 6.58. The summed E-state index contributed by atoms with van der Waals surface area (Å²) in [6, 6.07) is 0.805. The lowest BCUT2D eigenvalue weighted by Gasteiger charge is -2.40. The van der Waals surface area contributed by atoms with Gasteiger partial charge in [-0.15, -0.1) is 0 Å². The van der Waals surface area contributed by atoms with Crippen molar-refractivity contribution in [1.29, 1.82) is 0 Å². The smallest absolute Gasteiger partial charge is 0.0659 e. The summed E-state index contributed by atoms with van der Waals surface area (Å²) in [7, 11) is 0. The maximum Gasteiger partial charge on any atom is 0.0659 e. The highest BCUT2D eigenvalue weighted by atomic mass is 16.5. The van der Waals surface area contributed by atoms with E-state index in [1.54, 1.807) is 0 Å². The molecule has 0 aromatic carbocycles. The first-order chi connectivity index (χ1) is 7.75. The number of rotatable bonds is 2. The number of fused-ring (bicyclic) bond motifs is 1. The molecule has 92 valence electrons. The van der Waals surface area contributed by atoms with Gasteiger partial charge in [0.25, 0.3) is 0 Å². The predicted molar refractivity (Wildman–Crippen MR) is 63.4 cm³/mol. The Morgan fingerprint density at radius 3 is 3.06 bits per heavy atom. The fraction of sp³-hybridized carbons (Fsp3) is 1.00. The van der Waals surface area contributed by atoms with E-state index in [9.17, 15) is 0 Å². The van der Waals surface area contributed by atoms with Crippen LogP contribution in [0.5, 0.6) is 0 Å². The molecule has 0 aliphatic carbocycles. The van der Waals surface area contributed by atoms with Crippen molar-refractivity contribution in [2.24, 2.45) is 5.73 Å². The molecule has 3 heterocycles. The lowest BCUT2D eigenvalue weighted by molar-refractivity contribution is 0.0803. The molecule has 0 aromatic rings. The number of ether oxygens (including phenoxy) is 1. The average molecular weight is 225 g/mol. The normalized spacial score (nSPS) is 41.4. The second-order valence-corrected chi connectivity index (χ2v) is 5.73. The summed E-state index contributed by atoms with van der Waals surface area (Å²) in [6.07, 6.45) is 3.79. The minimum absolute atomic E-state index is 0.0687. The number of hydrogen-bond donors (Lipinski definition) is 1. The van der Waals surface area contributed by atoms with E-state index in [1.165, 1.54) is 39.0 Å². The van der Waals surface area contributed by atoms with E-state index < -0.39 is 0 Å². The number of nitrogens with zero attached hydrogens (tertiary/aromatic N) is 2. The van der Waals surface area contributed by atoms with Crippen molar-refractivity contribution in [3.05, 3.63) is 0 Å². The minimum atomic E-state index is -0.0687. The molecule has 2 N–H and O–H groups in total. The van der Waals surface area contributed by atoms with Crippen LogP contribution in [0.1, 0.15) is 19.3 Å². The summed E-state index contributed by atoms with van der Waals surface area (Å²) in [5.74, 6) is 0. The molecule has 0 radical (unpaired) electrons. The monoisotopic (exact) mass is 225 g/mol. The zero-order valence-electron chi connectivity index (χ0n) is 10.0. The maximum absolute atomic E-state index is 6.35. The van der Waals surface area contributed by atoms with Crippen molar-refractivity contribution < 1.29 is 4.74 Å². The summed E-state index contributed by atoms with van der Waals surface area (Å²) in [4.78, 5) is 5.20. The van der Waals surface area contributed by atoms with Crippen molar-refractivity contribution >= 4 is 0 Å². The highest BCUT2D eigenvalue weighted by Crippen LogP contribution is 2.24. The van der Waals surface area contributed by atoms with E-state index in [0.717, 1.165) is 32.2 Å². The molecule has 3 saturated heterocycles. The summed E-state index contributed by atoms with van der Waals surface area (Å²) < 4.78 is 5.43. The van der Waals surface area contributed by atoms with Gasteiger partial charge >= 0.3 is 0 Å². The fourth-order valence-corrected chi connectivity index (χ4v) is 3.39. The third-order valence-electron chi connectivity index (χ3n) is 4.34. The van der Waals surface area contributed by atoms with Crippen LogP contribution < -0.4 is 5.73 Å². The zero-order valence-corrected chi connectivity index (χ0v) is 10.0. The van der Waals surface area contributed by atoms with E-state index in [0.29, 0.717) is 0 Å². The molecular formula is C12H23N3O. The Morgan fingerprint density at radius 1 is 1.31 bits per heavy atom. The Labute approximate surface area is 97.7 Å². The Kier molecular flexibility index (Phi) is 2.92. The molecule has 0 amide bonds. The van der Waals surface area contributed by atoms with Crippen LogP contribution in [-0.4, -0.2) is 67.3 Å². The Morgan fingerprint density at radius 2 is 2.25 bits per heavy atom. The van der Waals surface area contributed by atoms with Crippen molar-refractivity contribution in [1.82, 2.24) is 9.80 Å². The highest BCUT2D eigenvalue weighted by Gasteiger charge is 2.36. The van der Waals surface area contributed by atoms with Crippen LogP contribution in [0.2, 0.25) is 0 Å². The van der Waals surface area contributed by atoms with E-state index in [-0.39, 0.29) is 5.54 Å². The molecule has 0 spiro atoms. The molecule has 2 atom stereocenters. The van der Waals surface area contributed by atoms with Crippen LogP contribution in [-0.2, 0) is 4.74 Å². The van der Waals surface area contributed by atoms with Gasteiger partial charge in [-0.25, -0.2) is 0 Å². The Bertz CT molecular complexity index is 253. The van der Waals surface area contributed by atoms with E-state index in [2.05, 4.69) is 9.80 Å². The van der Waals surface area contributed by atoms with Gasteiger partial charge in [-0.2, -0.15) is 0 Å². The highest BCUT2D eigenvalue weighted by molar-refractivity contribution is 4.94. The second-order valence-electron chi connectivity index (χ2n) is 5.73. The van der Waals surface area contributed by atoms with Gasteiger partial charge in [-0.1, -0.05) is 0 Å². The maximum atomic E-state index is 6.35. The molecule has 3 aliphatic rings. The summed E-state index contributed by atoms with van der Waals surface area (Å²) in [5, 5.41) is 0. The van der Waals surface area contributed by atoms with Crippen LogP contribution >= 0.6 is 0 Å². The standard InChI is InChI=1S/C12H23N3O/c13-12(3-7-16-10-12)9-14-5-6-15-4-1-2-11(15)8-14/h11H,1-10,13H2. The molecule has 2 unspecified atom stereocenters. The van der Waals surface area contributed by atoms with Gasteiger partial charge in [-0.3, -0.25) is 9.80 Å². The third kappa shape index (κ3) is 2.12. The number of nitrogens with two attached hydrogens (primary N) is 1. The van der Waals surface area contributed by atoms with Crippen molar-refractivity contribution in [3.63, 3.8) is 0 Å². The topological polar surface area (TPSA) is 41.7 Å². The van der Waals surface area contributed by atoms with E-state index >= 15 is 0 Å². The molecule has 4 nitrogen and oxygen atoms in total. The van der Waals surface area contributed by atoms with Crippen LogP contribution in [0.15, 0.2) is 0 Å². The SMILES string of the molecule is NC1(CN2CCN3CCCC3C2)CCOC1. The molecule has 4 heteroatoms. The molecule has 0 bridgehead atoms. The molecular weight excluding hydrogens is 202 g/mol. The number of piperazine rings is 1. The third-order valence-corrected chi connectivity index (χ3v) is 4.34. The summed E-state index contributed by atoms with van der Waals surface area (Å²) in [5.41, 5.74) is 6.28. The second kappa shape index (κ2) is 4.26. The molecule has 3 aliphatic heterocycles. The van der Waals surface area contributed by atoms with E-state index in [4.69, 9.17) is 10.5 Å². The van der Waals surface area contributed by atoms with Gasteiger partial charge in [-0.05, 0) is 25.8 Å². The summed E-state index contributed by atoms with van der Waals surface area (Å²) in [6.45, 7) is 7.58. The van der Waals surface area contributed by atoms with Gasteiger partial charge in [0.2, 0.25) is 0 Å². The Hall–Kier alpha value is -0.160. The first kappa shape index (κ1) is 11.0. The van der Waals surface area contributed by atoms with Gasteiger partial charge in [0.1, 0.15) is 0 Å². The largest absolute Gasteiger partial charge is 0.379 e. The van der Waals surface area contributed by atoms with Crippen LogP contribution in [0, 0.1) is 0 Å². The van der Waals surface area contributed by atoms with Crippen LogP contribution in [0.3, 0.4) is 0 Å².